The SMILES string of the molecule is COc1ccccc1-c1n[nH]c(=S)n1N=Cc1ccccc1.COc1ccccc1-c1n[nH]c(=S)n1N=Cc1ccccc1. The third-order valence-corrected chi connectivity index (χ3v) is 6.77. The Hall–Kier alpha value is -5.46. The molecule has 6 aromatic rings. The molecule has 0 unspecified atom stereocenters. The van der Waals surface area contributed by atoms with Gasteiger partial charge in [-0.15, -0.1) is 0 Å². The average molecular weight is 621 g/mol. The zero-order chi connectivity index (χ0) is 30.7. The number of nitrogens with one attached hydrogen (secondary N) is 2. The van der Waals surface area contributed by atoms with E-state index in [2.05, 4.69) is 30.6 Å². The Labute approximate surface area is 264 Å². The van der Waals surface area contributed by atoms with Crippen molar-refractivity contribution in [3.63, 3.8) is 0 Å². The van der Waals surface area contributed by atoms with Crippen molar-refractivity contribution in [2.24, 2.45) is 10.2 Å². The third kappa shape index (κ3) is 7.12. The van der Waals surface area contributed by atoms with E-state index in [4.69, 9.17) is 33.9 Å². The van der Waals surface area contributed by atoms with Crippen molar-refractivity contribution >= 4 is 36.9 Å². The summed E-state index contributed by atoms with van der Waals surface area (Å²) in [5.41, 5.74) is 3.61. The maximum Gasteiger partial charge on any atom is 0.216 e. The van der Waals surface area contributed by atoms with E-state index in [9.17, 15) is 0 Å². The molecular weight excluding hydrogens is 593 g/mol. The summed E-state index contributed by atoms with van der Waals surface area (Å²) in [5.74, 6) is 2.64. The van der Waals surface area contributed by atoms with Crippen LogP contribution >= 0.6 is 24.4 Å². The van der Waals surface area contributed by atoms with Gasteiger partial charge in [0.05, 0.1) is 37.8 Å². The minimum Gasteiger partial charge on any atom is -0.496 e. The molecule has 0 bridgehead atoms. The predicted octanol–water partition coefficient (Wildman–Crippen LogP) is 7.00. The quantitative estimate of drug-likeness (QED) is 0.140. The Kier molecular flexibility index (Phi) is 9.98. The van der Waals surface area contributed by atoms with E-state index in [-0.39, 0.29) is 0 Å². The monoisotopic (exact) mass is 620 g/mol. The van der Waals surface area contributed by atoms with Gasteiger partial charge in [0, 0.05) is 0 Å². The lowest BCUT2D eigenvalue weighted by atomic mass is 10.2. The first-order chi connectivity index (χ1) is 21.6. The highest BCUT2D eigenvalue weighted by Crippen LogP contribution is 2.29. The minimum atomic E-state index is 0.424. The lowest BCUT2D eigenvalue weighted by molar-refractivity contribution is 0.416. The molecule has 0 saturated carbocycles. The Morgan fingerprint density at radius 1 is 0.568 bits per heavy atom. The van der Waals surface area contributed by atoms with Gasteiger partial charge in [0.1, 0.15) is 11.5 Å². The van der Waals surface area contributed by atoms with E-state index in [0.717, 1.165) is 22.3 Å². The molecular formula is C32H28N8O2S2. The number of para-hydroxylation sites is 2. The van der Waals surface area contributed by atoms with Crippen LogP contribution in [0, 0.1) is 9.54 Å². The highest BCUT2D eigenvalue weighted by Gasteiger charge is 2.14. The standard InChI is InChI=1S/2C16H14N4OS/c2*1-21-14-10-6-5-9-13(14)15-18-19-16(22)20(15)17-11-12-7-3-2-4-8-12/h2*2-11H,1H3,(H,19,22). The van der Waals surface area contributed by atoms with Crippen LogP contribution in [0.2, 0.25) is 0 Å². The number of aromatic amines is 2. The first-order valence-corrected chi connectivity index (χ1v) is 14.2. The zero-order valence-electron chi connectivity index (χ0n) is 23.9. The molecule has 0 aliphatic rings. The van der Waals surface area contributed by atoms with Crippen LogP contribution in [0.3, 0.4) is 0 Å². The van der Waals surface area contributed by atoms with Crippen LogP contribution in [0.4, 0.5) is 0 Å². The summed E-state index contributed by atoms with van der Waals surface area (Å²) in [4.78, 5) is 0. The van der Waals surface area contributed by atoms with E-state index >= 15 is 0 Å². The lowest BCUT2D eigenvalue weighted by Gasteiger charge is -2.06. The number of aromatic nitrogens is 6. The van der Waals surface area contributed by atoms with Crippen LogP contribution in [0.25, 0.3) is 22.8 Å². The fourth-order valence-corrected chi connectivity index (χ4v) is 4.49. The van der Waals surface area contributed by atoms with Crippen molar-refractivity contribution in [1.29, 1.82) is 0 Å². The van der Waals surface area contributed by atoms with Crippen molar-refractivity contribution in [3.8, 4) is 34.3 Å². The maximum absolute atomic E-state index is 5.37. The molecule has 0 saturated heterocycles. The van der Waals surface area contributed by atoms with Gasteiger partial charge >= 0.3 is 0 Å². The second kappa shape index (κ2) is 14.6. The molecule has 2 heterocycles. The van der Waals surface area contributed by atoms with Crippen LogP contribution in [-0.2, 0) is 0 Å². The number of ether oxygens (including phenoxy) is 2. The fourth-order valence-electron chi connectivity index (χ4n) is 4.13. The van der Waals surface area contributed by atoms with Crippen LogP contribution in [0.5, 0.6) is 11.5 Å². The smallest absolute Gasteiger partial charge is 0.216 e. The van der Waals surface area contributed by atoms with Crippen LogP contribution in [0.15, 0.2) is 119 Å². The minimum absolute atomic E-state index is 0.424. The maximum atomic E-state index is 5.37. The van der Waals surface area contributed by atoms with Gasteiger partial charge in [-0.05, 0) is 59.8 Å². The van der Waals surface area contributed by atoms with Gasteiger partial charge in [0.25, 0.3) is 0 Å². The summed E-state index contributed by atoms with van der Waals surface area (Å²) >= 11 is 10.5. The van der Waals surface area contributed by atoms with Crippen LogP contribution in [-0.4, -0.2) is 56.4 Å². The summed E-state index contributed by atoms with van der Waals surface area (Å²) in [7, 11) is 3.25. The molecule has 2 N–H and O–H groups in total. The summed E-state index contributed by atoms with van der Waals surface area (Å²) in [5, 5.41) is 22.9. The van der Waals surface area contributed by atoms with Crippen LogP contribution in [0.1, 0.15) is 11.1 Å². The fraction of sp³-hybridized carbons (Fsp3) is 0.0625. The Bertz CT molecular complexity index is 1850. The lowest BCUT2D eigenvalue weighted by Crippen LogP contribution is -1.97. The predicted molar refractivity (Wildman–Crippen MR) is 178 cm³/mol. The van der Waals surface area contributed by atoms with Gasteiger partial charge in [-0.3, -0.25) is 0 Å². The highest BCUT2D eigenvalue weighted by atomic mass is 32.1. The van der Waals surface area contributed by atoms with Crippen molar-refractivity contribution in [2.45, 2.75) is 0 Å². The van der Waals surface area contributed by atoms with E-state index in [1.165, 1.54) is 0 Å². The molecule has 0 amide bonds. The topological polar surface area (TPSA) is 110 Å². The molecule has 0 atom stereocenters. The van der Waals surface area contributed by atoms with Crippen molar-refractivity contribution in [2.75, 3.05) is 14.2 Å². The number of H-pyrrole nitrogens is 2. The highest BCUT2D eigenvalue weighted by molar-refractivity contribution is 7.71. The molecule has 44 heavy (non-hydrogen) atoms. The second-order valence-electron chi connectivity index (χ2n) is 9.04. The zero-order valence-corrected chi connectivity index (χ0v) is 25.5. The molecule has 12 heteroatoms. The average Bonchev–Trinajstić information content (AvgIpc) is 3.64. The van der Waals surface area contributed by atoms with Crippen molar-refractivity contribution in [1.82, 2.24) is 29.7 Å². The van der Waals surface area contributed by atoms with Crippen LogP contribution < -0.4 is 9.47 Å². The van der Waals surface area contributed by atoms with Gasteiger partial charge in [0.2, 0.25) is 9.54 Å². The number of nitrogens with zero attached hydrogens (tertiary/aromatic N) is 6. The summed E-state index contributed by atoms with van der Waals surface area (Å²) in [6, 6.07) is 34.8. The van der Waals surface area contributed by atoms with Gasteiger partial charge in [-0.2, -0.15) is 29.8 Å². The number of hydrogen-bond acceptors (Lipinski definition) is 8. The van der Waals surface area contributed by atoms with E-state index in [0.29, 0.717) is 32.7 Å². The van der Waals surface area contributed by atoms with E-state index < -0.39 is 0 Å². The molecule has 0 aliphatic carbocycles. The molecule has 4 aromatic carbocycles. The molecule has 0 fully saturated rings. The Morgan fingerprint density at radius 3 is 1.32 bits per heavy atom. The van der Waals surface area contributed by atoms with E-state index in [1.54, 1.807) is 36.0 Å². The molecule has 0 spiro atoms. The van der Waals surface area contributed by atoms with Gasteiger partial charge in [0.15, 0.2) is 11.6 Å². The summed E-state index contributed by atoms with van der Waals surface area (Å²) in [6.45, 7) is 0. The molecule has 220 valence electrons. The number of rotatable bonds is 8. The van der Waals surface area contributed by atoms with E-state index in [1.807, 2.05) is 109 Å². The van der Waals surface area contributed by atoms with Crippen molar-refractivity contribution < 1.29 is 9.47 Å². The molecule has 0 aliphatic heterocycles. The number of methoxy groups -OCH3 is 2. The first-order valence-electron chi connectivity index (χ1n) is 13.4. The number of benzene rings is 4. The first kappa shape index (κ1) is 30.0. The second-order valence-corrected chi connectivity index (χ2v) is 9.81. The van der Waals surface area contributed by atoms with Gasteiger partial charge < -0.3 is 9.47 Å². The number of hydrogen-bond donors (Lipinski definition) is 2. The molecule has 6 rings (SSSR count). The molecule has 2 aromatic heterocycles. The molecule has 10 nitrogen and oxygen atoms in total. The largest absolute Gasteiger partial charge is 0.496 e. The van der Waals surface area contributed by atoms with Gasteiger partial charge in [-0.25, -0.2) is 10.2 Å². The third-order valence-electron chi connectivity index (χ3n) is 6.24. The molecule has 0 radical (unpaired) electrons. The summed E-state index contributed by atoms with van der Waals surface area (Å²) < 4.78 is 14.8. The van der Waals surface area contributed by atoms with Gasteiger partial charge in [-0.1, -0.05) is 84.9 Å². The Balaban J connectivity index is 0.000000175. The Morgan fingerprint density at radius 2 is 0.932 bits per heavy atom. The van der Waals surface area contributed by atoms with Crippen molar-refractivity contribution in [3.05, 3.63) is 130 Å². The summed E-state index contributed by atoms with van der Waals surface area (Å²) in [6.07, 6.45) is 3.48. The normalized spacial score (nSPS) is 11.0.